The zero-order valence-electron chi connectivity index (χ0n) is 11.3. The first kappa shape index (κ1) is 14.2. The molecule has 1 atom stereocenters. The predicted molar refractivity (Wildman–Crippen MR) is 74.3 cm³/mol. The first-order valence-electron chi connectivity index (χ1n) is 7.02. The van der Waals surface area contributed by atoms with Crippen LogP contribution in [-0.2, 0) is 11.2 Å². The summed E-state index contributed by atoms with van der Waals surface area (Å²) >= 11 is 0. The largest absolute Gasteiger partial charge is 0.378 e. The van der Waals surface area contributed by atoms with Gasteiger partial charge in [0.1, 0.15) is 0 Å². The SMILES string of the molecule is CCCCOC(CC)CCCc1ccccc1. The molecule has 96 valence electrons. The van der Waals surface area contributed by atoms with Crippen molar-refractivity contribution in [2.75, 3.05) is 6.61 Å². The molecule has 1 aromatic carbocycles. The van der Waals surface area contributed by atoms with Gasteiger partial charge < -0.3 is 4.74 Å². The number of hydrogen-bond acceptors (Lipinski definition) is 1. The fraction of sp³-hybridized carbons (Fsp3) is 0.625. The topological polar surface area (TPSA) is 9.23 Å². The van der Waals surface area contributed by atoms with Gasteiger partial charge in [-0.2, -0.15) is 0 Å². The molecule has 0 saturated carbocycles. The summed E-state index contributed by atoms with van der Waals surface area (Å²) in [5, 5.41) is 0. The van der Waals surface area contributed by atoms with Gasteiger partial charge in [-0.05, 0) is 37.7 Å². The summed E-state index contributed by atoms with van der Waals surface area (Å²) in [6.07, 6.45) is 7.61. The van der Waals surface area contributed by atoms with Crippen molar-refractivity contribution in [1.82, 2.24) is 0 Å². The second-order valence-corrected chi connectivity index (χ2v) is 4.63. The van der Waals surface area contributed by atoms with Gasteiger partial charge in [-0.15, -0.1) is 0 Å². The number of rotatable bonds is 9. The first-order valence-corrected chi connectivity index (χ1v) is 7.02. The standard InChI is InChI=1S/C16H26O/c1-3-5-14-17-16(4-2)13-9-12-15-10-7-6-8-11-15/h6-8,10-11,16H,3-5,9,12-14H2,1-2H3. The van der Waals surface area contributed by atoms with Crippen molar-refractivity contribution in [2.45, 2.75) is 58.5 Å². The van der Waals surface area contributed by atoms with Crippen molar-refractivity contribution >= 4 is 0 Å². The zero-order chi connectivity index (χ0) is 12.3. The summed E-state index contributed by atoms with van der Waals surface area (Å²) in [5.41, 5.74) is 1.44. The molecule has 1 heteroatoms. The van der Waals surface area contributed by atoms with Gasteiger partial charge in [-0.25, -0.2) is 0 Å². The van der Waals surface area contributed by atoms with E-state index in [-0.39, 0.29) is 0 Å². The first-order chi connectivity index (χ1) is 8.36. The number of aryl methyl sites for hydroxylation is 1. The van der Waals surface area contributed by atoms with E-state index in [1.54, 1.807) is 0 Å². The Balaban J connectivity index is 2.15. The van der Waals surface area contributed by atoms with Crippen LogP contribution in [0.25, 0.3) is 0 Å². The van der Waals surface area contributed by atoms with Crippen molar-refractivity contribution in [2.24, 2.45) is 0 Å². The Morgan fingerprint density at radius 1 is 1.06 bits per heavy atom. The Labute approximate surface area is 106 Å². The van der Waals surface area contributed by atoms with Crippen LogP contribution in [0, 0.1) is 0 Å². The van der Waals surface area contributed by atoms with Crippen LogP contribution in [0.5, 0.6) is 0 Å². The highest BCUT2D eigenvalue weighted by molar-refractivity contribution is 5.14. The molecule has 0 bridgehead atoms. The lowest BCUT2D eigenvalue weighted by Gasteiger charge is -2.15. The maximum Gasteiger partial charge on any atom is 0.0572 e. The second kappa shape index (κ2) is 9.23. The number of hydrogen-bond donors (Lipinski definition) is 0. The maximum atomic E-state index is 5.87. The average Bonchev–Trinajstić information content (AvgIpc) is 2.38. The Hall–Kier alpha value is -0.820. The van der Waals surface area contributed by atoms with E-state index in [1.165, 1.54) is 37.7 Å². The minimum atomic E-state index is 0.463. The summed E-state index contributed by atoms with van der Waals surface area (Å²) in [7, 11) is 0. The van der Waals surface area contributed by atoms with Crippen molar-refractivity contribution in [3.8, 4) is 0 Å². The van der Waals surface area contributed by atoms with Crippen molar-refractivity contribution < 1.29 is 4.74 Å². The van der Waals surface area contributed by atoms with Crippen molar-refractivity contribution in [1.29, 1.82) is 0 Å². The van der Waals surface area contributed by atoms with Gasteiger partial charge in [0.05, 0.1) is 6.10 Å². The Kier molecular flexibility index (Phi) is 7.74. The molecule has 1 nitrogen and oxygen atoms in total. The molecule has 0 aliphatic heterocycles. The third-order valence-electron chi connectivity index (χ3n) is 3.14. The molecule has 0 amide bonds. The van der Waals surface area contributed by atoms with Gasteiger partial charge >= 0.3 is 0 Å². The molecule has 0 N–H and O–H groups in total. The fourth-order valence-corrected chi connectivity index (χ4v) is 1.98. The number of unbranched alkanes of at least 4 members (excludes halogenated alkanes) is 1. The molecule has 0 spiro atoms. The molecule has 0 heterocycles. The van der Waals surface area contributed by atoms with Gasteiger partial charge in [0.15, 0.2) is 0 Å². The number of benzene rings is 1. The zero-order valence-corrected chi connectivity index (χ0v) is 11.3. The van der Waals surface area contributed by atoms with E-state index >= 15 is 0 Å². The predicted octanol–water partition coefficient (Wildman–Crippen LogP) is 4.60. The van der Waals surface area contributed by atoms with Gasteiger partial charge in [0, 0.05) is 6.61 Å². The Morgan fingerprint density at radius 3 is 2.47 bits per heavy atom. The van der Waals surface area contributed by atoms with E-state index in [9.17, 15) is 0 Å². The molecule has 0 aliphatic carbocycles. The summed E-state index contributed by atoms with van der Waals surface area (Å²) < 4.78 is 5.87. The minimum absolute atomic E-state index is 0.463. The molecule has 0 saturated heterocycles. The molecular weight excluding hydrogens is 208 g/mol. The molecule has 1 aromatic rings. The molecule has 1 rings (SSSR count). The lowest BCUT2D eigenvalue weighted by atomic mass is 10.0. The maximum absolute atomic E-state index is 5.87. The fourth-order valence-electron chi connectivity index (χ4n) is 1.98. The van der Waals surface area contributed by atoms with Crippen LogP contribution in [0.1, 0.15) is 51.5 Å². The van der Waals surface area contributed by atoms with E-state index in [1.807, 2.05) is 0 Å². The Bertz CT molecular complexity index is 268. The van der Waals surface area contributed by atoms with E-state index < -0.39 is 0 Å². The molecular formula is C16H26O. The van der Waals surface area contributed by atoms with Crippen LogP contribution < -0.4 is 0 Å². The van der Waals surface area contributed by atoms with Crippen molar-refractivity contribution in [3.63, 3.8) is 0 Å². The van der Waals surface area contributed by atoms with Gasteiger partial charge in [0.25, 0.3) is 0 Å². The lowest BCUT2D eigenvalue weighted by molar-refractivity contribution is 0.0419. The van der Waals surface area contributed by atoms with Gasteiger partial charge in [-0.1, -0.05) is 50.6 Å². The molecule has 0 aromatic heterocycles. The second-order valence-electron chi connectivity index (χ2n) is 4.63. The summed E-state index contributed by atoms with van der Waals surface area (Å²) in [5.74, 6) is 0. The van der Waals surface area contributed by atoms with E-state index in [2.05, 4.69) is 44.2 Å². The summed E-state index contributed by atoms with van der Waals surface area (Å²) in [6.45, 7) is 5.36. The normalized spacial score (nSPS) is 12.6. The van der Waals surface area contributed by atoms with Gasteiger partial charge in [0.2, 0.25) is 0 Å². The van der Waals surface area contributed by atoms with Crippen LogP contribution >= 0.6 is 0 Å². The van der Waals surface area contributed by atoms with Crippen molar-refractivity contribution in [3.05, 3.63) is 35.9 Å². The molecule has 0 aliphatic rings. The van der Waals surface area contributed by atoms with E-state index in [0.717, 1.165) is 13.0 Å². The van der Waals surface area contributed by atoms with Crippen LogP contribution in [0.2, 0.25) is 0 Å². The summed E-state index contributed by atoms with van der Waals surface area (Å²) in [6, 6.07) is 10.7. The molecule has 0 radical (unpaired) electrons. The quantitative estimate of drug-likeness (QED) is 0.567. The highest BCUT2D eigenvalue weighted by Gasteiger charge is 2.05. The van der Waals surface area contributed by atoms with Crippen LogP contribution in [0.15, 0.2) is 30.3 Å². The molecule has 0 fully saturated rings. The average molecular weight is 234 g/mol. The minimum Gasteiger partial charge on any atom is -0.378 e. The monoisotopic (exact) mass is 234 g/mol. The highest BCUT2D eigenvalue weighted by atomic mass is 16.5. The smallest absolute Gasteiger partial charge is 0.0572 e. The highest BCUT2D eigenvalue weighted by Crippen LogP contribution is 2.11. The van der Waals surface area contributed by atoms with E-state index in [0.29, 0.717) is 6.10 Å². The van der Waals surface area contributed by atoms with E-state index in [4.69, 9.17) is 4.74 Å². The lowest BCUT2D eigenvalue weighted by Crippen LogP contribution is -2.12. The molecule has 17 heavy (non-hydrogen) atoms. The summed E-state index contributed by atoms with van der Waals surface area (Å²) in [4.78, 5) is 0. The molecule has 1 unspecified atom stereocenters. The Morgan fingerprint density at radius 2 is 1.82 bits per heavy atom. The van der Waals surface area contributed by atoms with Crippen LogP contribution in [0.4, 0.5) is 0 Å². The van der Waals surface area contributed by atoms with Crippen LogP contribution in [0.3, 0.4) is 0 Å². The number of ether oxygens (including phenoxy) is 1. The van der Waals surface area contributed by atoms with Gasteiger partial charge in [-0.3, -0.25) is 0 Å². The third-order valence-corrected chi connectivity index (χ3v) is 3.14. The third kappa shape index (κ3) is 6.48. The van der Waals surface area contributed by atoms with Crippen LogP contribution in [-0.4, -0.2) is 12.7 Å².